The van der Waals surface area contributed by atoms with Crippen molar-refractivity contribution in [3.63, 3.8) is 0 Å². The summed E-state index contributed by atoms with van der Waals surface area (Å²) >= 11 is 0. The van der Waals surface area contributed by atoms with Crippen molar-refractivity contribution in [2.45, 2.75) is 32.1 Å². The molecule has 0 unspecified atom stereocenters. The largest absolute Gasteiger partial charge is 0.339 e. The van der Waals surface area contributed by atoms with Gasteiger partial charge in [-0.25, -0.2) is 0 Å². The topological polar surface area (TPSA) is 68.0 Å². The first-order valence-electron chi connectivity index (χ1n) is 9.95. The van der Waals surface area contributed by atoms with Crippen molar-refractivity contribution in [3.8, 4) is 11.4 Å². The molecule has 0 radical (unpaired) electrons. The van der Waals surface area contributed by atoms with Gasteiger partial charge in [0, 0.05) is 11.3 Å². The molecule has 0 aliphatic heterocycles. The highest BCUT2D eigenvalue weighted by atomic mass is 16.5. The van der Waals surface area contributed by atoms with Crippen LogP contribution < -0.4 is 5.32 Å². The van der Waals surface area contributed by atoms with Gasteiger partial charge in [-0.3, -0.25) is 4.79 Å². The van der Waals surface area contributed by atoms with Gasteiger partial charge in [0.2, 0.25) is 17.6 Å². The average molecular weight is 373 g/mol. The predicted octanol–water partition coefficient (Wildman–Crippen LogP) is 4.81. The summed E-state index contributed by atoms with van der Waals surface area (Å²) in [5.74, 6) is 2.01. The van der Waals surface area contributed by atoms with Crippen LogP contribution in [0.25, 0.3) is 11.4 Å². The van der Waals surface area contributed by atoms with Crippen molar-refractivity contribution >= 4 is 11.6 Å². The van der Waals surface area contributed by atoms with Gasteiger partial charge in [0.25, 0.3) is 0 Å². The fourth-order valence-electron chi connectivity index (χ4n) is 5.05. The Bertz CT molecular complexity index is 998. The fourth-order valence-corrected chi connectivity index (χ4v) is 5.05. The number of fused-ring (bicyclic) bond motifs is 2. The van der Waals surface area contributed by atoms with Gasteiger partial charge in [0.15, 0.2) is 0 Å². The van der Waals surface area contributed by atoms with Gasteiger partial charge in [-0.2, -0.15) is 4.98 Å². The summed E-state index contributed by atoms with van der Waals surface area (Å²) in [5.41, 5.74) is 2.91. The molecule has 2 bridgehead atoms. The van der Waals surface area contributed by atoms with E-state index in [1.807, 2.05) is 61.5 Å². The van der Waals surface area contributed by atoms with Crippen molar-refractivity contribution in [2.24, 2.45) is 17.8 Å². The number of rotatable bonds is 4. The van der Waals surface area contributed by atoms with E-state index in [4.69, 9.17) is 4.52 Å². The second-order valence-electron chi connectivity index (χ2n) is 8.07. The van der Waals surface area contributed by atoms with Crippen LogP contribution in [0.3, 0.4) is 0 Å². The van der Waals surface area contributed by atoms with Crippen LogP contribution in [0.15, 0.2) is 59.1 Å². The number of benzene rings is 2. The number of hydrogen-bond donors (Lipinski definition) is 1. The highest BCUT2D eigenvalue weighted by Crippen LogP contribution is 2.56. The van der Waals surface area contributed by atoms with Gasteiger partial charge in [0.1, 0.15) is 0 Å². The molecule has 1 heterocycles. The monoisotopic (exact) mass is 373 g/mol. The number of aryl methyl sites for hydroxylation is 1. The molecule has 1 N–H and O–H groups in total. The van der Waals surface area contributed by atoms with E-state index in [-0.39, 0.29) is 17.7 Å². The number of nitrogens with zero attached hydrogens (tertiary/aromatic N) is 2. The summed E-state index contributed by atoms with van der Waals surface area (Å²) in [6.07, 6.45) is 3.30. The minimum atomic E-state index is -0.108. The van der Waals surface area contributed by atoms with E-state index >= 15 is 0 Å². The van der Waals surface area contributed by atoms with Gasteiger partial charge >= 0.3 is 0 Å². The molecule has 5 nitrogen and oxygen atoms in total. The first-order chi connectivity index (χ1) is 13.7. The summed E-state index contributed by atoms with van der Waals surface area (Å²) < 4.78 is 5.66. The summed E-state index contributed by atoms with van der Waals surface area (Å²) in [7, 11) is 0. The lowest BCUT2D eigenvalue weighted by Crippen LogP contribution is -2.33. The Morgan fingerprint density at radius 3 is 2.71 bits per heavy atom. The summed E-state index contributed by atoms with van der Waals surface area (Å²) in [5, 5.41) is 7.31. The van der Waals surface area contributed by atoms with E-state index in [1.54, 1.807) is 0 Å². The maximum atomic E-state index is 13.2. The smallest absolute Gasteiger partial charge is 0.231 e. The Labute approximate surface area is 164 Å². The van der Waals surface area contributed by atoms with Gasteiger partial charge in [-0.1, -0.05) is 47.6 Å². The van der Waals surface area contributed by atoms with Crippen LogP contribution in [-0.4, -0.2) is 16.0 Å². The Hall–Kier alpha value is -2.95. The van der Waals surface area contributed by atoms with Gasteiger partial charge in [0.05, 0.1) is 11.8 Å². The maximum absolute atomic E-state index is 13.2. The molecule has 2 fully saturated rings. The minimum Gasteiger partial charge on any atom is -0.339 e. The highest BCUT2D eigenvalue weighted by molar-refractivity contribution is 5.93. The zero-order valence-electron chi connectivity index (χ0n) is 15.8. The second kappa shape index (κ2) is 6.89. The minimum absolute atomic E-state index is 0.00789. The Kier molecular flexibility index (Phi) is 4.23. The predicted molar refractivity (Wildman–Crippen MR) is 107 cm³/mol. The molecule has 28 heavy (non-hydrogen) atoms. The molecular formula is C23H23N3O2. The SMILES string of the molecule is Cc1cccc(NC(=O)[C@H]2[C@H]3CC[C@H](C3)[C@@H]2c2nc(-c3ccccc3)no2)c1. The van der Waals surface area contributed by atoms with Crippen LogP contribution >= 0.6 is 0 Å². The summed E-state index contributed by atoms with van der Waals surface area (Å²) in [6.45, 7) is 2.03. The number of nitrogens with one attached hydrogen (secondary N) is 1. The molecule has 2 aliphatic rings. The zero-order valence-corrected chi connectivity index (χ0v) is 15.8. The van der Waals surface area contributed by atoms with E-state index < -0.39 is 0 Å². The molecule has 3 aromatic rings. The maximum Gasteiger partial charge on any atom is 0.231 e. The first-order valence-corrected chi connectivity index (χ1v) is 9.95. The molecule has 0 spiro atoms. The fraction of sp³-hybridized carbons (Fsp3) is 0.348. The summed E-state index contributed by atoms with van der Waals surface area (Å²) in [6, 6.07) is 17.8. The lowest BCUT2D eigenvalue weighted by molar-refractivity contribution is -0.122. The molecule has 2 saturated carbocycles. The Morgan fingerprint density at radius 2 is 1.89 bits per heavy atom. The third-order valence-electron chi connectivity index (χ3n) is 6.26. The van der Waals surface area contributed by atoms with Gasteiger partial charge in [-0.05, 0) is 55.7 Å². The average Bonchev–Trinajstić information content (AvgIpc) is 3.44. The standard InChI is InChI=1S/C23H23N3O2/c1-14-6-5-9-18(12-14)24-22(27)19-16-10-11-17(13-16)20(19)23-25-21(26-28-23)15-7-3-2-4-8-15/h2-9,12,16-17,19-20H,10-11,13H2,1H3,(H,24,27)/t16-,17+,19-,20-/m0/s1. The second-order valence-corrected chi connectivity index (χ2v) is 8.07. The molecule has 2 aliphatic carbocycles. The third-order valence-corrected chi connectivity index (χ3v) is 6.26. The Balaban J connectivity index is 1.42. The van der Waals surface area contributed by atoms with Crippen molar-refractivity contribution in [1.29, 1.82) is 0 Å². The zero-order chi connectivity index (χ0) is 19.1. The van der Waals surface area contributed by atoms with E-state index in [0.717, 1.165) is 36.1 Å². The Morgan fingerprint density at radius 1 is 1.07 bits per heavy atom. The van der Waals surface area contributed by atoms with Crippen molar-refractivity contribution in [3.05, 3.63) is 66.1 Å². The van der Waals surface area contributed by atoms with Crippen LogP contribution in [-0.2, 0) is 4.79 Å². The molecule has 142 valence electrons. The first kappa shape index (κ1) is 17.2. The van der Waals surface area contributed by atoms with Crippen LogP contribution in [0.1, 0.15) is 36.6 Å². The number of carbonyl (C=O) groups excluding carboxylic acids is 1. The van der Waals surface area contributed by atoms with E-state index in [1.165, 1.54) is 0 Å². The lowest BCUT2D eigenvalue weighted by Gasteiger charge is -2.27. The molecule has 1 amide bonds. The number of hydrogen-bond acceptors (Lipinski definition) is 4. The molecule has 4 atom stereocenters. The molecular weight excluding hydrogens is 350 g/mol. The summed E-state index contributed by atoms with van der Waals surface area (Å²) in [4.78, 5) is 17.9. The van der Waals surface area contributed by atoms with E-state index in [2.05, 4.69) is 15.5 Å². The van der Waals surface area contributed by atoms with Crippen LogP contribution in [0.5, 0.6) is 0 Å². The normalized spacial score (nSPS) is 25.8. The molecule has 1 aromatic heterocycles. The van der Waals surface area contributed by atoms with Crippen molar-refractivity contribution < 1.29 is 9.32 Å². The number of aromatic nitrogens is 2. The molecule has 0 saturated heterocycles. The number of anilines is 1. The van der Waals surface area contributed by atoms with E-state index in [9.17, 15) is 4.79 Å². The molecule has 2 aromatic carbocycles. The van der Waals surface area contributed by atoms with Gasteiger partial charge in [-0.15, -0.1) is 0 Å². The van der Waals surface area contributed by atoms with Crippen LogP contribution in [0, 0.1) is 24.7 Å². The lowest BCUT2D eigenvalue weighted by atomic mass is 9.78. The number of amides is 1. The van der Waals surface area contributed by atoms with Crippen LogP contribution in [0.4, 0.5) is 5.69 Å². The number of carbonyl (C=O) groups is 1. The van der Waals surface area contributed by atoms with E-state index in [0.29, 0.717) is 23.6 Å². The molecule has 5 heteroatoms. The quantitative estimate of drug-likeness (QED) is 0.712. The third kappa shape index (κ3) is 3.01. The molecule has 5 rings (SSSR count). The van der Waals surface area contributed by atoms with Gasteiger partial charge < -0.3 is 9.84 Å². The van der Waals surface area contributed by atoms with Crippen molar-refractivity contribution in [1.82, 2.24) is 10.1 Å². The highest BCUT2D eigenvalue weighted by Gasteiger charge is 2.53. The van der Waals surface area contributed by atoms with Crippen molar-refractivity contribution in [2.75, 3.05) is 5.32 Å². The van der Waals surface area contributed by atoms with Crippen LogP contribution in [0.2, 0.25) is 0 Å².